The molecule has 3 unspecified atom stereocenters. The van der Waals surface area contributed by atoms with Crippen LogP contribution in [0.3, 0.4) is 0 Å². The van der Waals surface area contributed by atoms with E-state index in [-0.39, 0.29) is 12.1 Å². The van der Waals surface area contributed by atoms with E-state index in [9.17, 15) is 14.7 Å². The van der Waals surface area contributed by atoms with E-state index in [1.165, 1.54) is 4.90 Å². The molecule has 2 amide bonds. The second-order valence-corrected chi connectivity index (χ2v) is 6.09. The molecule has 0 saturated carbocycles. The van der Waals surface area contributed by atoms with Crippen molar-refractivity contribution in [2.24, 2.45) is 0 Å². The largest absolute Gasteiger partial charge is 0.480 e. The summed E-state index contributed by atoms with van der Waals surface area (Å²) in [7, 11) is 5.57. The second-order valence-electron chi connectivity index (χ2n) is 6.09. The Balaban J connectivity index is 2.05. The monoisotopic (exact) mass is 299 g/mol. The van der Waals surface area contributed by atoms with Crippen LogP contribution < -0.4 is 0 Å². The molecule has 0 aromatic carbocycles. The number of carboxylic acid groups (broad SMARTS) is 1. The summed E-state index contributed by atoms with van der Waals surface area (Å²) in [5.41, 5.74) is 0. The van der Waals surface area contributed by atoms with Crippen molar-refractivity contribution >= 4 is 12.0 Å². The van der Waals surface area contributed by atoms with Crippen LogP contribution in [0.2, 0.25) is 0 Å². The molecule has 2 aliphatic rings. The molecule has 0 bridgehead atoms. The van der Waals surface area contributed by atoms with Crippen molar-refractivity contribution < 1.29 is 19.4 Å². The van der Waals surface area contributed by atoms with Gasteiger partial charge in [-0.2, -0.15) is 0 Å². The summed E-state index contributed by atoms with van der Waals surface area (Å²) in [4.78, 5) is 29.4. The smallest absolute Gasteiger partial charge is 0.326 e. The Labute approximate surface area is 125 Å². The highest BCUT2D eigenvalue weighted by Gasteiger charge is 2.42. The lowest BCUT2D eigenvalue weighted by Gasteiger charge is -2.38. The maximum absolute atomic E-state index is 12.7. The van der Waals surface area contributed by atoms with Crippen molar-refractivity contribution in [3.63, 3.8) is 0 Å². The number of ether oxygens (including phenoxy) is 1. The fraction of sp³-hybridized carbons (Fsp3) is 0.857. The molecule has 0 spiro atoms. The highest BCUT2D eigenvalue weighted by Crippen LogP contribution is 2.24. The molecular weight excluding hydrogens is 274 g/mol. The van der Waals surface area contributed by atoms with Gasteiger partial charge in [-0.25, -0.2) is 9.59 Å². The highest BCUT2D eigenvalue weighted by molar-refractivity contribution is 5.83. The number of amides is 2. The molecule has 2 aliphatic heterocycles. The summed E-state index contributed by atoms with van der Waals surface area (Å²) in [6, 6.07) is -0.609. The van der Waals surface area contributed by atoms with Crippen molar-refractivity contribution in [2.45, 2.75) is 37.5 Å². The van der Waals surface area contributed by atoms with E-state index in [1.54, 1.807) is 12.0 Å². The topological polar surface area (TPSA) is 73.3 Å². The van der Waals surface area contributed by atoms with Gasteiger partial charge in [-0.3, -0.25) is 0 Å². The van der Waals surface area contributed by atoms with Crippen molar-refractivity contribution in [1.82, 2.24) is 14.7 Å². The minimum atomic E-state index is -0.955. The van der Waals surface area contributed by atoms with Gasteiger partial charge in [0.05, 0.1) is 6.10 Å². The van der Waals surface area contributed by atoms with E-state index in [0.717, 1.165) is 12.8 Å². The number of methoxy groups -OCH3 is 1. The third-order valence-corrected chi connectivity index (χ3v) is 4.52. The molecule has 0 radical (unpaired) electrons. The quantitative estimate of drug-likeness (QED) is 0.812. The van der Waals surface area contributed by atoms with Crippen molar-refractivity contribution in [1.29, 1.82) is 0 Å². The summed E-state index contributed by atoms with van der Waals surface area (Å²) >= 11 is 0. The third kappa shape index (κ3) is 3.47. The first-order chi connectivity index (χ1) is 9.93. The van der Waals surface area contributed by atoms with Gasteiger partial charge in [0.2, 0.25) is 0 Å². The number of carboxylic acids is 1. The Morgan fingerprint density at radius 1 is 1.29 bits per heavy atom. The first-order valence-corrected chi connectivity index (χ1v) is 7.41. The van der Waals surface area contributed by atoms with Crippen LogP contribution in [0.4, 0.5) is 4.79 Å². The molecule has 3 atom stereocenters. The molecule has 2 rings (SSSR count). The minimum absolute atomic E-state index is 0.173. The van der Waals surface area contributed by atoms with Crippen LogP contribution in [0.25, 0.3) is 0 Å². The first-order valence-electron chi connectivity index (χ1n) is 7.41. The van der Waals surface area contributed by atoms with Gasteiger partial charge in [-0.15, -0.1) is 0 Å². The molecule has 120 valence electrons. The van der Waals surface area contributed by atoms with Crippen molar-refractivity contribution in [3.05, 3.63) is 0 Å². The number of hydrogen-bond donors (Lipinski definition) is 1. The SMILES string of the molecule is COC1CC(C(=O)O)N(C(=O)N2CCCC(N(C)C)C2)C1. The predicted molar refractivity (Wildman–Crippen MR) is 77.2 cm³/mol. The fourth-order valence-electron chi connectivity index (χ4n) is 3.15. The van der Waals surface area contributed by atoms with Gasteiger partial charge in [0.1, 0.15) is 6.04 Å². The van der Waals surface area contributed by atoms with Crippen LogP contribution in [-0.2, 0) is 9.53 Å². The van der Waals surface area contributed by atoms with Crippen LogP contribution in [0.15, 0.2) is 0 Å². The lowest BCUT2D eigenvalue weighted by Crippen LogP contribution is -2.54. The zero-order valence-electron chi connectivity index (χ0n) is 13.0. The van der Waals surface area contributed by atoms with Crippen LogP contribution in [0.1, 0.15) is 19.3 Å². The molecule has 7 heteroatoms. The number of hydrogen-bond acceptors (Lipinski definition) is 4. The molecule has 0 aromatic heterocycles. The number of likely N-dealkylation sites (N-methyl/N-ethyl adjacent to an activating group) is 1. The van der Waals surface area contributed by atoms with E-state index in [4.69, 9.17) is 4.74 Å². The number of urea groups is 1. The van der Waals surface area contributed by atoms with Gasteiger partial charge in [0, 0.05) is 39.2 Å². The zero-order chi connectivity index (χ0) is 15.6. The van der Waals surface area contributed by atoms with E-state index < -0.39 is 12.0 Å². The van der Waals surface area contributed by atoms with Crippen LogP contribution in [-0.4, -0.2) is 90.8 Å². The lowest BCUT2D eigenvalue weighted by atomic mass is 10.1. The lowest BCUT2D eigenvalue weighted by molar-refractivity contribution is -0.141. The molecule has 2 fully saturated rings. The molecule has 7 nitrogen and oxygen atoms in total. The molecular formula is C14H25N3O4. The fourth-order valence-corrected chi connectivity index (χ4v) is 3.15. The summed E-state index contributed by atoms with van der Waals surface area (Å²) < 4.78 is 5.23. The van der Waals surface area contributed by atoms with Gasteiger partial charge in [-0.1, -0.05) is 0 Å². The Kier molecular flexibility index (Phi) is 5.05. The van der Waals surface area contributed by atoms with Gasteiger partial charge < -0.3 is 24.5 Å². The minimum Gasteiger partial charge on any atom is -0.480 e. The standard InChI is InChI=1S/C14H25N3O4/c1-15(2)10-5-4-6-16(8-10)14(20)17-9-11(21-3)7-12(17)13(18)19/h10-12H,4-9H2,1-3H3,(H,18,19). The average molecular weight is 299 g/mol. The van der Waals surface area contributed by atoms with E-state index >= 15 is 0 Å². The second kappa shape index (κ2) is 6.62. The van der Waals surface area contributed by atoms with E-state index in [2.05, 4.69) is 4.90 Å². The zero-order valence-corrected chi connectivity index (χ0v) is 13.0. The van der Waals surface area contributed by atoms with Gasteiger partial charge in [-0.05, 0) is 26.9 Å². The van der Waals surface area contributed by atoms with Crippen molar-refractivity contribution in [3.8, 4) is 0 Å². The highest BCUT2D eigenvalue weighted by atomic mass is 16.5. The van der Waals surface area contributed by atoms with Crippen molar-refractivity contribution in [2.75, 3.05) is 40.8 Å². The molecule has 2 heterocycles. The molecule has 2 saturated heterocycles. The van der Waals surface area contributed by atoms with Crippen LogP contribution in [0.5, 0.6) is 0 Å². The van der Waals surface area contributed by atoms with Crippen LogP contribution >= 0.6 is 0 Å². The Morgan fingerprint density at radius 2 is 2.00 bits per heavy atom. The maximum atomic E-state index is 12.7. The summed E-state index contributed by atoms with van der Waals surface area (Å²) in [6.45, 7) is 1.71. The summed E-state index contributed by atoms with van der Waals surface area (Å²) in [6.07, 6.45) is 2.19. The van der Waals surface area contributed by atoms with Gasteiger partial charge in [0.15, 0.2) is 0 Å². The number of rotatable bonds is 3. The van der Waals surface area contributed by atoms with E-state index in [1.807, 2.05) is 14.1 Å². The summed E-state index contributed by atoms with van der Waals surface area (Å²) in [5.74, 6) is -0.955. The van der Waals surface area contributed by atoms with Crippen LogP contribution in [0, 0.1) is 0 Å². The Hall–Kier alpha value is -1.34. The molecule has 0 aliphatic carbocycles. The predicted octanol–water partition coefficient (Wildman–Crippen LogP) is 0.306. The normalized spacial score (nSPS) is 30.0. The Bertz CT molecular complexity index is 402. The number of nitrogens with zero attached hydrogens (tertiary/aromatic N) is 3. The molecule has 0 aromatic rings. The van der Waals surface area contributed by atoms with Gasteiger partial charge >= 0.3 is 12.0 Å². The number of piperidine rings is 1. The van der Waals surface area contributed by atoms with Gasteiger partial charge in [0.25, 0.3) is 0 Å². The number of carbonyl (C=O) groups excluding carboxylic acids is 1. The first kappa shape index (κ1) is 16.0. The molecule has 21 heavy (non-hydrogen) atoms. The number of aliphatic carboxylic acids is 1. The summed E-state index contributed by atoms with van der Waals surface area (Å²) in [5, 5.41) is 9.31. The van der Waals surface area contributed by atoms with E-state index in [0.29, 0.717) is 32.1 Å². The molecule has 1 N–H and O–H groups in total. The number of carbonyl (C=O) groups is 2. The third-order valence-electron chi connectivity index (χ3n) is 4.52. The average Bonchev–Trinajstić information content (AvgIpc) is 2.91. The number of likely N-dealkylation sites (tertiary alicyclic amines) is 2. The Morgan fingerprint density at radius 3 is 2.57 bits per heavy atom. The maximum Gasteiger partial charge on any atom is 0.326 e.